The van der Waals surface area contributed by atoms with Gasteiger partial charge < -0.3 is 25.2 Å². The molecule has 0 atom stereocenters. The lowest BCUT2D eigenvalue weighted by Crippen LogP contribution is -2.25. The van der Waals surface area contributed by atoms with E-state index in [0.717, 1.165) is 66.2 Å². The zero-order valence-corrected chi connectivity index (χ0v) is 17.9. The molecule has 0 aromatic heterocycles. The van der Waals surface area contributed by atoms with E-state index in [2.05, 4.69) is 42.3 Å². The number of hydrogen-bond acceptors (Lipinski definition) is 5. The van der Waals surface area contributed by atoms with E-state index in [1.807, 2.05) is 18.2 Å². The molecular weight excluding hydrogens is 392 g/mol. The lowest BCUT2D eigenvalue weighted by molar-refractivity contribution is -0.143. The summed E-state index contributed by atoms with van der Waals surface area (Å²) in [6.45, 7) is 8.10. The maximum atomic E-state index is 11.2. The van der Waals surface area contributed by atoms with Crippen molar-refractivity contribution in [3.63, 3.8) is 0 Å². The van der Waals surface area contributed by atoms with Gasteiger partial charge in [-0.1, -0.05) is 24.3 Å². The van der Waals surface area contributed by atoms with Crippen molar-refractivity contribution in [2.45, 2.75) is 39.2 Å². The Hall–Kier alpha value is -3.15. The van der Waals surface area contributed by atoms with Crippen LogP contribution in [0.5, 0.6) is 11.5 Å². The van der Waals surface area contributed by atoms with Gasteiger partial charge in [0.1, 0.15) is 0 Å². The van der Waals surface area contributed by atoms with Crippen molar-refractivity contribution < 1.29 is 19.4 Å². The van der Waals surface area contributed by atoms with Gasteiger partial charge in [0.15, 0.2) is 11.5 Å². The lowest BCUT2D eigenvalue weighted by atomic mass is 9.82. The van der Waals surface area contributed by atoms with Crippen LogP contribution in [0.2, 0.25) is 0 Å². The van der Waals surface area contributed by atoms with Crippen LogP contribution >= 0.6 is 0 Å². The Bertz CT molecular complexity index is 964. The molecule has 1 heterocycles. The number of aliphatic carboxylic acids is 1. The van der Waals surface area contributed by atoms with Crippen LogP contribution in [0, 0.1) is 18.8 Å². The first-order chi connectivity index (χ1) is 15.0. The van der Waals surface area contributed by atoms with Crippen LogP contribution in [0.3, 0.4) is 0 Å². The number of benzene rings is 2. The Morgan fingerprint density at radius 2 is 1.87 bits per heavy atom. The molecule has 4 rings (SSSR count). The van der Waals surface area contributed by atoms with Crippen molar-refractivity contribution in [2.24, 2.45) is 11.8 Å². The molecule has 31 heavy (non-hydrogen) atoms. The number of aryl methyl sites for hydroxylation is 1. The van der Waals surface area contributed by atoms with Gasteiger partial charge in [0, 0.05) is 30.0 Å². The maximum absolute atomic E-state index is 11.2. The van der Waals surface area contributed by atoms with E-state index in [0.29, 0.717) is 12.5 Å². The Morgan fingerprint density at radius 1 is 1.10 bits per heavy atom. The summed E-state index contributed by atoms with van der Waals surface area (Å²) in [6, 6.07) is 12.3. The average molecular weight is 423 g/mol. The predicted octanol–water partition coefficient (Wildman–Crippen LogP) is 4.79. The fourth-order valence-electron chi connectivity index (χ4n) is 4.28. The van der Waals surface area contributed by atoms with Gasteiger partial charge in [-0.25, -0.2) is 0 Å². The van der Waals surface area contributed by atoms with Crippen LogP contribution in [0.15, 0.2) is 43.0 Å². The molecule has 2 aromatic carbocycles. The van der Waals surface area contributed by atoms with Crippen molar-refractivity contribution in [2.75, 3.05) is 18.7 Å². The SMILES string of the molecule is C=C(NCc1ccc2c(c1)OCO2)c1cc(C)ccc1NCC1CCC(C(=O)O)CC1. The molecule has 1 aliphatic carbocycles. The van der Waals surface area contributed by atoms with Gasteiger partial charge >= 0.3 is 5.97 Å². The Kier molecular flexibility index (Phi) is 6.35. The van der Waals surface area contributed by atoms with E-state index in [4.69, 9.17) is 9.47 Å². The highest BCUT2D eigenvalue weighted by Gasteiger charge is 2.25. The van der Waals surface area contributed by atoms with E-state index in [9.17, 15) is 9.90 Å². The normalized spacial score (nSPS) is 19.6. The van der Waals surface area contributed by atoms with Crippen molar-refractivity contribution >= 4 is 17.4 Å². The molecular formula is C25H30N2O4. The highest BCUT2D eigenvalue weighted by Crippen LogP contribution is 2.33. The van der Waals surface area contributed by atoms with E-state index in [1.54, 1.807) is 0 Å². The fraction of sp³-hybridized carbons (Fsp3) is 0.400. The number of anilines is 1. The third-order valence-corrected chi connectivity index (χ3v) is 6.22. The number of hydrogen-bond donors (Lipinski definition) is 3. The second-order valence-corrected chi connectivity index (χ2v) is 8.51. The van der Waals surface area contributed by atoms with Crippen molar-refractivity contribution in [1.82, 2.24) is 5.32 Å². The third kappa shape index (κ3) is 5.13. The molecule has 1 aliphatic heterocycles. The molecule has 6 nitrogen and oxygen atoms in total. The zero-order chi connectivity index (χ0) is 21.8. The predicted molar refractivity (Wildman–Crippen MR) is 121 cm³/mol. The molecule has 164 valence electrons. The number of ether oxygens (including phenoxy) is 2. The van der Waals surface area contributed by atoms with E-state index in [-0.39, 0.29) is 12.7 Å². The number of fused-ring (bicyclic) bond motifs is 1. The average Bonchev–Trinajstić information content (AvgIpc) is 3.24. The first-order valence-electron chi connectivity index (χ1n) is 10.9. The molecule has 2 aliphatic rings. The maximum Gasteiger partial charge on any atom is 0.306 e. The minimum atomic E-state index is -0.655. The lowest BCUT2D eigenvalue weighted by Gasteiger charge is -2.27. The number of carboxylic acids is 1. The summed E-state index contributed by atoms with van der Waals surface area (Å²) in [4.78, 5) is 11.2. The summed E-state index contributed by atoms with van der Waals surface area (Å²) in [5, 5.41) is 16.2. The van der Waals surface area contributed by atoms with Gasteiger partial charge in [-0.05, 0) is 68.4 Å². The highest BCUT2D eigenvalue weighted by molar-refractivity contribution is 5.74. The summed E-state index contributed by atoms with van der Waals surface area (Å²) >= 11 is 0. The molecule has 2 aromatic rings. The molecule has 3 N–H and O–H groups in total. The van der Waals surface area contributed by atoms with Crippen LogP contribution in [-0.2, 0) is 11.3 Å². The van der Waals surface area contributed by atoms with Crippen molar-refractivity contribution in [3.05, 3.63) is 59.7 Å². The van der Waals surface area contributed by atoms with Gasteiger partial charge in [-0.2, -0.15) is 0 Å². The summed E-state index contributed by atoms with van der Waals surface area (Å²) in [5.74, 6) is 1.23. The standard InChI is InChI=1S/C25H30N2O4/c1-16-3-9-22(27-13-18-4-7-20(8-5-18)25(28)29)21(11-16)17(2)26-14-19-6-10-23-24(12-19)31-15-30-23/h3,6,9-12,18,20,26-27H,2,4-5,7-8,13-15H2,1H3,(H,28,29). The highest BCUT2D eigenvalue weighted by atomic mass is 16.7. The third-order valence-electron chi connectivity index (χ3n) is 6.22. The summed E-state index contributed by atoms with van der Waals surface area (Å²) in [5.41, 5.74) is 5.24. The zero-order valence-electron chi connectivity index (χ0n) is 17.9. The molecule has 1 saturated carbocycles. The van der Waals surface area contributed by atoms with E-state index >= 15 is 0 Å². The van der Waals surface area contributed by atoms with Gasteiger partial charge in [0.05, 0.1) is 5.92 Å². The van der Waals surface area contributed by atoms with Gasteiger partial charge in [-0.15, -0.1) is 0 Å². The summed E-state index contributed by atoms with van der Waals surface area (Å²) < 4.78 is 10.8. The molecule has 1 fully saturated rings. The number of carboxylic acid groups (broad SMARTS) is 1. The molecule has 0 radical (unpaired) electrons. The quantitative estimate of drug-likeness (QED) is 0.568. The smallest absolute Gasteiger partial charge is 0.306 e. The number of nitrogens with one attached hydrogen (secondary N) is 2. The van der Waals surface area contributed by atoms with E-state index in [1.165, 1.54) is 5.56 Å². The Labute approximate surface area is 183 Å². The van der Waals surface area contributed by atoms with Crippen LogP contribution in [0.25, 0.3) is 5.70 Å². The number of rotatable bonds is 8. The Balaban J connectivity index is 1.36. The van der Waals surface area contributed by atoms with Crippen LogP contribution < -0.4 is 20.1 Å². The molecule has 0 saturated heterocycles. The topological polar surface area (TPSA) is 79.8 Å². The molecule has 0 amide bonds. The van der Waals surface area contributed by atoms with Crippen molar-refractivity contribution in [1.29, 1.82) is 0 Å². The second kappa shape index (κ2) is 9.33. The minimum absolute atomic E-state index is 0.175. The number of carbonyl (C=O) groups is 1. The van der Waals surface area contributed by atoms with Crippen LogP contribution in [0.4, 0.5) is 5.69 Å². The van der Waals surface area contributed by atoms with Crippen LogP contribution in [0.1, 0.15) is 42.4 Å². The summed E-state index contributed by atoms with van der Waals surface area (Å²) in [6.07, 6.45) is 3.45. The second-order valence-electron chi connectivity index (χ2n) is 8.51. The fourth-order valence-corrected chi connectivity index (χ4v) is 4.28. The molecule has 0 bridgehead atoms. The molecule has 6 heteroatoms. The van der Waals surface area contributed by atoms with Crippen LogP contribution in [-0.4, -0.2) is 24.4 Å². The largest absolute Gasteiger partial charge is 0.481 e. The summed E-state index contributed by atoms with van der Waals surface area (Å²) in [7, 11) is 0. The van der Waals surface area contributed by atoms with Gasteiger partial charge in [-0.3, -0.25) is 4.79 Å². The first kappa shape index (κ1) is 21.1. The van der Waals surface area contributed by atoms with Gasteiger partial charge in [0.2, 0.25) is 6.79 Å². The Morgan fingerprint density at radius 3 is 2.65 bits per heavy atom. The molecule has 0 spiro atoms. The minimum Gasteiger partial charge on any atom is -0.481 e. The monoisotopic (exact) mass is 422 g/mol. The van der Waals surface area contributed by atoms with Gasteiger partial charge in [0.25, 0.3) is 0 Å². The first-order valence-corrected chi connectivity index (χ1v) is 10.9. The van der Waals surface area contributed by atoms with E-state index < -0.39 is 5.97 Å². The molecule has 0 unspecified atom stereocenters. The van der Waals surface area contributed by atoms with Crippen molar-refractivity contribution in [3.8, 4) is 11.5 Å².